The lowest BCUT2D eigenvalue weighted by Gasteiger charge is -2.33. The van der Waals surface area contributed by atoms with E-state index in [-0.39, 0.29) is 35.9 Å². The van der Waals surface area contributed by atoms with Gasteiger partial charge in [-0.3, -0.25) is 9.59 Å². The van der Waals surface area contributed by atoms with Crippen LogP contribution in [0.5, 0.6) is 5.75 Å². The molecular formula is C24H29N3O5S. The Balaban J connectivity index is 1.63. The van der Waals surface area contributed by atoms with Crippen molar-refractivity contribution in [2.75, 3.05) is 18.5 Å². The lowest BCUT2D eigenvalue weighted by atomic mass is 10.1. The number of hydrogen-bond donors (Lipinski definition) is 1. The van der Waals surface area contributed by atoms with E-state index in [1.807, 2.05) is 44.2 Å². The normalized spacial score (nSPS) is 18.5. The van der Waals surface area contributed by atoms with Crippen LogP contribution >= 0.6 is 0 Å². The second kappa shape index (κ2) is 9.15. The molecule has 1 N–H and O–H groups in total. The summed E-state index contributed by atoms with van der Waals surface area (Å²) in [4.78, 5) is 27.0. The summed E-state index contributed by atoms with van der Waals surface area (Å²) in [7, 11) is -3.95. The predicted molar refractivity (Wildman–Crippen MR) is 124 cm³/mol. The van der Waals surface area contributed by atoms with Crippen LogP contribution in [0.2, 0.25) is 0 Å². The fourth-order valence-corrected chi connectivity index (χ4v) is 6.26. The number of sulfonamides is 1. The molecule has 2 aliphatic rings. The van der Waals surface area contributed by atoms with Gasteiger partial charge in [0, 0.05) is 25.2 Å². The third kappa shape index (κ3) is 4.60. The largest absolute Gasteiger partial charge is 0.482 e. The molecule has 8 nitrogen and oxygen atoms in total. The molecule has 2 heterocycles. The minimum Gasteiger partial charge on any atom is -0.482 e. The number of nitrogens with zero attached hydrogens (tertiary/aromatic N) is 2. The molecule has 0 radical (unpaired) electrons. The van der Waals surface area contributed by atoms with E-state index >= 15 is 0 Å². The van der Waals surface area contributed by atoms with Gasteiger partial charge >= 0.3 is 0 Å². The Bertz CT molecular complexity index is 1160. The molecule has 1 atom stereocenters. The van der Waals surface area contributed by atoms with Crippen LogP contribution in [0, 0.1) is 6.92 Å². The number of carbonyl (C=O) groups is 2. The van der Waals surface area contributed by atoms with E-state index in [4.69, 9.17) is 4.74 Å². The number of rotatable bonds is 6. The average Bonchev–Trinajstić information content (AvgIpc) is 3.28. The van der Waals surface area contributed by atoms with Crippen LogP contribution in [0.3, 0.4) is 0 Å². The monoisotopic (exact) mass is 471 g/mol. The third-order valence-corrected chi connectivity index (χ3v) is 8.14. The fraction of sp³-hybridized carbons (Fsp3) is 0.417. The maximum absolute atomic E-state index is 13.7. The SMILES string of the molecule is Cc1cc2c(cc1S(=O)(=O)N1CCC[C@@H]1C(=O)N(Cc1ccccc1)C(C)C)OCC(=O)N2. The van der Waals surface area contributed by atoms with Crippen molar-refractivity contribution in [2.24, 2.45) is 0 Å². The molecule has 0 aliphatic carbocycles. The van der Waals surface area contributed by atoms with Gasteiger partial charge in [0.1, 0.15) is 11.8 Å². The summed E-state index contributed by atoms with van der Waals surface area (Å²) in [5.74, 6) is -0.155. The highest BCUT2D eigenvalue weighted by atomic mass is 32.2. The first-order chi connectivity index (χ1) is 15.7. The zero-order valence-electron chi connectivity index (χ0n) is 19.1. The van der Waals surface area contributed by atoms with E-state index in [1.54, 1.807) is 17.9 Å². The molecule has 9 heteroatoms. The Hall–Kier alpha value is -2.91. The Kier molecular flexibility index (Phi) is 6.45. The number of anilines is 1. The van der Waals surface area contributed by atoms with Crippen molar-refractivity contribution < 1.29 is 22.7 Å². The highest BCUT2D eigenvalue weighted by Gasteiger charge is 2.42. The first-order valence-electron chi connectivity index (χ1n) is 11.1. The van der Waals surface area contributed by atoms with Gasteiger partial charge in [0.15, 0.2) is 6.61 Å². The highest BCUT2D eigenvalue weighted by Crippen LogP contribution is 2.36. The lowest BCUT2D eigenvalue weighted by Crippen LogP contribution is -2.49. The van der Waals surface area contributed by atoms with Crippen molar-refractivity contribution in [3.05, 3.63) is 53.6 Å². The molecule has 0 spiro atoms. The summed E-state index contributed by atoms with van der Waals surface area (Å²) in [5.41, 5.74) is 1.94. The van der Waals surface area contributed by atoms with Gasteiger partial charge in [0.25, 0.3) is 5.91 Å². The Morgan fingerprint density at radius 3 is 2.67 bits per heavy atom. The summed E-state index contributed by atoms with van der Waals surface area (Å²) >= 11 is 0. The second-order valence-corrected chi connectivity index (χ2v) is 10.6. The third-order valence-electron chi connectivity index (χ3n) is 6.09. The van der Waals surface area contributed by atoms with E-state index in [1.165, 1.54) is 10.4 Å². The van der Waals surface area contributed by atoms with E-state index in [2.05, 4.69) is 5.32 Å². The highest BCUT2D eigenvalue weighted by molar-refractivity contribution is 7.89. The van der Waals surface area contributed by atoms with Gasteiger partial charge in [-0.2, -0.15) is 4.31 Å². The number of aryl methyl sites for hydroxylation is 1. The number of benzene rings is 2. The van der Waals surface area contributed by atoms with Crippen molar-refractivity contribution >= 4 is 27.5 Å². The van der Waals surface area contributed by atoms with Crippen LogP contribution in [0.1, 0.15) is 37.8 Å². The van der Waals surface area contributed by atoms with Gasteiger partial charge in [-0.15, -0.1) is 0 Å². The van der Waals surface area contributed by atoms with Crippen molar-refractivity contribution in [3.8, 4) is 5.75 Å². The molecule has 2 aromatic carbocycles. The molecule has 0 saturated carbocycles. The Labute approximate surface area is 194 Å². The predicted octanol–water partition coefficient (Wildman–Crippen LogP) is 2.92. The maximum Gasteiger partial charge on any atom is 0.262 e. The number of carbonyl (C=O) groups excluding carboxylic acids is 2. The van der Waals surface area contributed by atoms with Gasteiger partial charge in [-0.05, 0) is 50.8 Å². The van der Waals surface area contributed by atoms with Crippen molar-refractivity contribution in [1.29, 1.82) is 0 Å². The van der Waals surface area contributed by atoms with Gasteiger partial charge in [-0.1, -0.05) is 30.3 Å². The number of nitrogens with one attached hydrogen (secondary N) is 1. The van der Waals surface area contributed by atoms with E-state index in [0.717, 1.165) is 5.56 Å². The van der Waals surface area contributed by atoms with Crippen LogP contribution in [0.25, 0.3) is 0 Å². The number of fused-ring (bicyclic) bond motifs is 1. The van der Waals surface area contributed by atoms with Crippen LogP contribution in [0.15, 0.2) is 47.4 Å². The molecule has 2 amide bonds. The van der Waals surface area contributed by atoms with E-state index in [0.29, 0.717) is 36.4 Å². The molecule has 33 heavy (non-hydrogen) atoms. The first-order valence-corrected chi connectivity index (χ1v) is 12.6. The summed E-state index contributed by atoms with van der Waals surface area (Å²) in [6.45, 7) is 6.10. The first kappa shape index (κ1) is 23.3. The quantitative estimate of drug-likeness (QED) is 0.699. The molecular weight excluding hydrogens is 442 g/mol. The molecule has 0 aromatic heterocycles. The van der Waals surface area contributed by atoms with E-state index in [9.17, 15) is 18.0 Å². The smallest absolute Gasteiger partial charge is 0.262 e. The van der Waals surface area contributed by atoms with Crippen LogP contribution in [-0.2, 0) is 26.2 Å². The molecule has 176 valence electrons. The van der Waals surface area contributed by atoms with Crippen molar-refractivity contribution in [1.82, 2.24) is 9.21 Å². The number of hydrogen-bond acceptors (Lipinski definition) is 5. The second-order valence-electron chi connectivity index (χ2n) is 8.77. The van der Waals surface area contributed by atoms with Gasteiger partial charge < -0.3 is 15.0 Å². The molecule has 2 aliphatic heterocycles. The average molecular weight is 472 g/mol. The van der Waals surface area contributed by atoms with Crippen LogP contribution in [-0.4, -0.2) is 54.7 Å². The molecule has 1 saturated heterocycles. The van der Waals surface area contributed by atoms with Gasteiger partial charge in [0.2, 0.25) is 15.9 Å². The molecule has 0 bridgehead atoms. The summed E-state index contributed by atoms with van der Waals surface area (Å²) in [6.07, 6.45) is 1.09. The molecule has 2 aromatic rings. The maximum atomic E-state index is 13.7. The molecule has 1 fully saturated rings. The minimum atomic E-state index is -3.95. The van der Waals surface area contributed by atoms with Crippen LogP contribution < -0.4 is 10.1 Å². The summed E-state index contributed by atoms with van der Waals surface area (Å²) in [6, 6.07) is 11.9. The standard InChI is InChI=1S/C24H29N3O5S/c1-16(2)26(14-18-8-5-4-6-9-18)24(29)20-10-7-11-27(20)33(30,31)22-13-21-19(12-17(22)3)25-23(28)15-32-21/h4-6,8-9,12-13,16,20H,7,10-11,14-15H2,1-3H3,(H,25,28)/t20-/m1/s1. The summed E-state index contributed by atoms with van der Waals surface area (Å²) in [5, 5.41) is 2.69. The zero-order valence-corrected chi connectivity index (χ0v) is 19.9. The Morgan fingerprint density at radius 1 is 1.24 bits per heavy atom. The zero-order chi connectivity index (χ0) is 23.8. The number of amides is 2. The number of ether oxygens (including phenoxy) is 1. The minimum absolute atomic E-state index is 0.0784. The lowest BCUT2D eigenvalue weighted by molar-refractivity contribution is -0.137. The van der Waals surface area contributed by atoms with Crippen LogP contribution in [0.4, 0.5) is 5.69 Å². The fourth-order valence-electron chi connectivity index (χ4n) is 4.38. The van der Waals surface area contributed by atoms with E-state index < -0.39 is 16.1 Å². The van der Waals surface area contributed by atoms with Gasteiger partial charge in [-0.25, -0.2) is 8.42 Å². The van der Waals surface area contributed by atoms with Gasteiger partial charge in [0.05, 0.1) is 10.6 Å². The topological polar surface area (TPSA) is 96.0 Å². The molecule has 4 rings (SSSR count). The Morgan fingerprint density at radius 2 is 1.97 bits per heavy atom. The van der Waals surface area contributed by atoms with Crippen molar-refractivity contribution in [3.63, 3.8) is 0 Å². The molecule has 0 unspecified atom stereocenters. The summed E-state index contributed by atoms with van der Waals surface area (Å²) < 4.78 is 34.1. The van der Waals surface area contributed by atoms with Crippen molar-refractivity contribution in [2.45, 2.75) is 57.1 Å².